The van der Waals surface area contributed by atoms with E-state index in [1.165, 1.54) is 24.0 Å². The monoisotopic (exact) mass is 156 g/mol. The molecule has 0 nitrogen and oxygen atoms in total. The topological polar surface area (TPSA) is 0 Å². The molecule has 0 heteroatoms. The number of rotatable bonds is 2. The summed E-state index contributed by atoms with van der Waals surface area (Å²) in [6.07, 6.45) is 2.62. The van der Waals surface area contributed by atoms with Crippen molar-refractivity contribution >= 4 is 5.57 Å². The lowest BCUT2D eigenvalue weighted by Gasteiger charge is -2.01. The molecule has 0 unspecified atom stereocenters. The van der Waals surface area contributed by atoms with Crippen molar-refractivity contribution in [2.24, 2.45) is 5.92 Å². The summed E-state index contributed by atoms with van der Waals surface area (Å²) in [6.45, 7) is 3.74. The zero-order valence-corrected chi connectivity index (χ0v) is 7.09. The molecule has 1 fully saturated rings. The fraction of sp³-hybridized carbons (Fsp3) is 0.250. The molecule has 0 spiro atoms. The molecule has 0 aliphatic heterocycles. The molecule has 0 bridgehead atoms. The number of hydrogen-bond donors (Lipinski definition) is 0. The van der Waals surface area contributed by atoms with Gasteiger partial charge in [0.2, 0.25) is 0 Å². The van der Waals surface area contributed by atoms with Gasteiger partial charge in [0.05, 0.1) is 0 Å². The highest BCUT2D eigenvalue weighted by atomic mass is 14.3. The summed E-state index contributed by atoms with van der Waals surface area (Å²) in [5.41, 5.74) is 5.64. The molecule has 0 atom stereocenters. The number of allylic oxidation sites excluding steroid dienone is 1. The second kappa shape index (κ2) is 3.00. The summed E-state index contributed by atoms with van der Waals surface area (Å²) in [4.78, 5) is 0. The molecule has 1 aromatic carbocycles. The molecule has 60 valence electrons. The Morgan fingerprint density at radius 3 is 2.42 bits per heavy atom. The van der Waals surface area contributed by atoms with Crippen molar-refractivity contribution in [1.82, 2.24) is 0 Å². The molecule has 0 aromatic heterocycles. The summed E-state index contributed by atoms with van der Waals surface area (Å²) < 4.78 is 0. The fourth-order valence-electron chi connectivity index (χ4n) is 1.47. The van der Waals surface area contributed by atoms with Gasteiger partial charge in [0.25, 0.3) is 0 Å². The van der Waals surface area contributed by atoms with E-state index >= 15 is 0 Å². The molecule has 0 saturated heterocycles. The van der Waals surface area contributed by atoms with Crippen molar-refractivity contribution in [3.05, 3.63) is 48.2 Å². The molecule has 0 radical (unpaired) electrons. The summed E-state index contributed by atoms with van der Waals surface area (Å²) in [5, 5.41) is 0. The Hall–Kier alpha value is -1.26. The van der Waals surface area contributed by atoms with Crippen LogP contribution in [0.1, 0.15) is 18.4 Å². The third-order valence-corrected chi connectivity index (χ3v) is 2.26. The second-order valence-electron chi connectivity index (χ2n) is 3.23. The van der Waals surface area contributed by atoms with E-state index in [2.05, 4.69) is 36.6 Å². The minimum atomic E-state index is 0.741. The van der Waals surface area contributed by atoms with Crippen LogP contribution >= 0.6 is 0 Å². The molecule has 0 N–H and O–H groups in total. The van der Waals surface area contributed by atoms with Gasteiger partial charge in [-0.15, -0.1) is 5.73 Å². The van der Waals surface area contributed by atoms with Crippen LogP contribution in [-0.4, -0.2) is 0 Å². The maximum atomic E-state index is 3.74. The summed E-state index contributed by atoms with van der Waals surface area (Å²) in [7, 11) is 0. The van der Waals surface area contributed by atoms with Crippen LogP contribution in [0.3, 0.4) is 0 Å². The van der Waals surface area contributed by atoms with E-state index in [1.807, 2.05) is 6.07 Å². The summed E-state index contributed by atoms with van der Waals surface area (Å²) in [5.74, 6) is 0.741. The van der Waals surface area contributed by atoms with Crippen molar-refractivity contribution in [3.8, 4) is 0 Å². The fourth-order valence-corrected chi connectivity index (χ4v) is 1.47. The first-order valence-corrected chi connectivity index (χ1v) is 4.37. The average Bonchev–Trinajstić information content (AvgIpc) is 2.92. The standard InChI is InChI=1S/C12H12/c1-2-12(11-8-9-11)10-6-4-3-5-7-10/h3-7,11H,1,8-9H2. The van der Waals surface area contributed by atoms with Gasteiger partial charge in [-0.2, -0.15) is 0 Å². The molecule has 1 aliphatic carbocycles. The van der Waals surface area contributed by atoms with Crippen molar-refractivity contribution in [2.45, 2.75) is 12.8 Å². The van der Waals surface area contributed by atoms with E-state index < -0.39 is 0 Å². The Balaban J connectivity index is 2.34. The largest absolute Gasteiger partial charge is 0.124 e. The first-order chi connectivity index (χ1) is 5.92. The van der Waals surface area contributed by atoms with Gasteiger partial charge in [0.15, 0.2) is 0 Å². The number of benzene rings is 1. The minimum absolute atomic E-state index is 0.741. The van der Waals surface area contributed by atoms with E-state index in [0.717, 1.165) is 5.92 Å². The van der Waals surface area contributed by atoms with Crippen LogP contribution in [-0.2, 0) is 0 Å². The highest BCUT2D eigenvalue weighted by Gasteiger charge is 2.26. The Morgan fingerprint density at radius 1 is 1.25 bits per heavy atom. The van der Waals surface area contributed by atoms with Crippen LogP contribution in [0.15, 0.2) is 42.6 Å². The first kappa shape index (κ1) is 7.39. The summed E-state index contributed by atoms with van der Waals surface area (Å²) in [6, 6.07) is 10.4. The Bertz CT molecular complexity index is 311. The van der Waals surface area contributed by atoms with Gasteiger partial charge in [0.1, 0.15) is 0 Å². The Kier molecular flexibility index (Phi) is 1.85. The molecule has 0 amide bonds. The van der Waals surface area contributed by atoms with Crippen molar-refractivity contribution < 1.29 is 0 Å². The molecule has 1 aromatic rings. The summed E-state index contributed by atoms with van der Waals surface area (Å²) >= 11 is 0. The van der Waals surface area contributed by atoms with Gasteiger partial charge >= 0.3 is 0 Å². The van der Waals surface area contributed by atoms with Crippen LogP contribution in [0.2, 0.25) is 0 Å². The maximum Gasteiger partial charge on any atom is 0.00368 e. The highest BCUT2D eigenvalue weighted by molar-refractivity contribution is 5.68. The predicted molar refractivity (Wildman–Crippen MR) is 51.7 cm³/mol. The van der Waals surface area contributed by atoms with Crippen molar-refractivity contribution in [2.75, 3.05) is 0 Å². The van der Waals surface area contributed by atoms with E-state index in [9.17, 15) is 0 Å². The lowest BCUT2D eigenvalue weighted by Crippen LogP contribution is -1.83. The van der Waals surface area contributed by atoms with Crippen LogP contribution < -0.4 is 0 Å². The van der Waals surface area contributed by atoms with Crippen molar-refractivity contribution in [1.29, 1.82) is 0 Å². The molecule has 0 heterocycles. The maximum absolute atomic E-state index is 3.74. The highest BCUT2D eigenvalue weighted by Crippen LogP contribution is 2.40. The Labute approximate surface area is 73.2 Å². The molecule has 12 heavy (non-hydrogen) atoms. The van der Waals surface area contributed by atoms with Crippen LogP contribution in [0.5, 0.6) is 0 Å². The second-order valence-corrected chi connectivity index (χ2v) is 3.23. The zero-order valence-electron chi connectivity index (χ0n) is 7.09. The Morgan fingerprint density at radius 2 is 1.92 bits per heavy atom. The molecule has 1 saturated carbocycles. The minimum Gasteiger partial charge on any atom is -0.124 e. The van der Waals surface area contributed by atoms with Crippen LogP contribution in [0.4, 0.5) is 0 Å². The quantitative estimate of drug-likeness (QED) is 0.576. The van der Waals surface area contributed by atoms with Gasteiger partial charge < -0.3 is 0 Å². The third-order valence-electron chi connectivity index (χ3n) is 2.26. The number of hydrogen-bond acceptors (Lipinski definition) is 0. The zero-order chi connectivity index (χ0) is 8.39. The van der Waals surface area contributed by atoms with E-state index in [1.54, 1.807) is 0 Å². The average molecular weight is 156 g/mol. The molecule has 1 aliphatic rings. The smallest absolute Gasteiger partial charge is 0.00368 e. The molecular weight excluding hydrogens is 144 g/mol. The van der Waals surface area contributed by atoms with Crippen molar-refractivity contribution in [3.63, 3.8) is 0 Å². The van der Waals surface area contributed by atoms with E-state index in [-0.39, 0.29) is 0 Å². The van der Waals surface area contributed by atoms with E-state index in [4.69, 9.17) is 0 Å². The van der Waals surface area contributed by atoms with Gasteiger partial charge in [-0.3, -0.25) is 0 Å². The van der Waals surface area contributed by atoms with Crippen LogP contribution in [0.25, 0.3) is 5.57 Å². The van der Waals surface area contributed by atoms with Gasteiger partial charge in [-0.25, -0.2) is 0 Å². The third kappa shape index (κ3) is 1.34. The van der Waals surface area contributed by atoms with Gasteiger partial charge in [0, 0.05) is 5.57 Å². The molecule has 2 rings (SSSR count). The predicted octanol–water partition coefficient (Wildman–Crippen LogP) is 3.26. The normalized spacial score (nSPS) is 15.3. The lowest BCUT2D eigenvalue weighted by molar-refractivity contribution is 1.15. The van der Waals surface area contributed by atoms with Crippen LogP contribution in [0, 0.1) is 5.92 Å². The first-order valence-electron chi connectivity index (χ1n) is 4.37. The van der Waals surface area contributed by atoms with Gasteiger partial charge in [-0.05, 0) is 24.3 Å². The van der Waals surface area contributed by atoms with E-state index in [0.29, 0.717) is 0 Å². The SMILES string of the molecule is C=C=C(c1ccccc1)C1CC1. The lowest BCUT2D eigenvalue weighted by atomic mass is 10.0. The van der Waals surface area contributed by atoms with Gasteiger partial charge in [-0.1, -0.05) is 36.9 Å². The molecular formula is C12H12.